The standard InChI is InChI=1S/C19H20FN3O/c1-23-13-22-17-12-15(5-7-18(17)23)9-10-21-19(24)8-6-14-3-2-4-16(20)11-14/h2-5,7,11-13H,6,8-10H2,1H3,(H,21,24). The number of imidazole rings is 1. The molecule has 0 fully saturated rings. The second kappa shape index (κ2) is 7.25. The molecule has 1 aromatic heterocycles. The summed E-state index contributed by atoms with van der Waals surface area (Å²) in [7, 11) is 1.97. The van der Waals surface area contributed by atoms with E-state index in [1.165, 1.54) is 12.1 Å². The van der Waals surface area contributed by atoms with Gasteiger partial charge >= 0.3 is 0 Å². The van der Waals surface area contributed by atoms with Gasteiger partial charge in [0.2, 0.25) is 5.91 Å². The first-order valence-corrected chi connectivity index (χ1v) is 8.03. The van der Waals surface area contributed by atoms with E-state index in [9.17, 15) is 9.18 Å². The summed E-state index contributed by atoms with van der Waals surface area (Å²) in [5.74, 6) is -0.281. The van der Waals surface area contributed by atoms with Crippen LogP contribution in [0.5, 0.6) is 0 Å². The van der Waals surface area contributed by atoms with Crippen molar-refractivity contribution in [3.63, 3.8) is 0 Å². The summed E-state index contributed by atoms with van der Waals surface area (Å²) in [6, 6.07) is 12.5. The van der Waals surface area contributed by atoms with Crippen molar-refractivity contribution in [2.75, 3.05) is 6.54 Å². The Morgan fingerprint density at radius 2 is 2.00 bits per heavy atom. The van der Waals surface area contributed by atoms with E-state index in [-0.39, 0.29) is 11.7 Å². The topological polar surface area (TPSA) is 46.9 Å². The van der Waals surface area contributed by atoms with Gasteiger partial charge < -0.3 is 9.88 Å². The van der Waals surface area contributed by atoms with Gasteiger partial charge in [0.05, 0.1) is 17.4 Å². The predicted octanol–water partition coefficient (Wildman–Crippen LogP) is 3.00. The average molecular weight is 325 g/mol. The fraction of sp³-hybridized carbons (Fsp3) is 0.263. The molecule has 0 aliphatic heterocycles. The maximum Gasteiger partial charge on any atom is 0.220 e. The fourth-order valence-corrected chi connectivity index (χ4v) is 2.72. The number of nitrogens with zero attached hydrogens (tertiary/aromatic N) is 2. The summed E-state index contributed by atoms with van der Waals surface area (Å²) < 4.78 is 15.1. The number of carbonyl (C=O) groups is 1. The molecule has 1 N–H and O–H groups in total. The largest absolute Gasteiger partial charge is 0.356 e. The number of benzene rings is 2. The lowest BCUT2D eigenvalue weighted by Crippen LogP contribution is -2.25. The molecule has 0 bridgehead atoms. The Kier molecular flexibility index (Phi) is 4.89. The molecule has 1 amide bonds. The van der Waals surface area contributed by atoms with E-state index in [1.807, 2.05) is 29.8 Å². The third-order valence-electron chi connectivity index (χ3n) is 4.06. The van der Waals surface area contributed by atoms with Gasteiger partial charge in [0.1, 0.15) is 5.82 Å². The summed E-state index contributed by atoms with van der Waals surface area (Å²) in [6.45, 7) is 0.584. The van der Waals surface area contributed by atoms with Crippen molar-refractivity contribution in [3.05, 3.63) is 65.7 Å². The number of hydrogen-bond acceptors (Lipinski definition) is 2. The third-order valence-corrected chi connectivity index (χ3v) is 4.06. The molecule has 24 heavy (non-hydrogen) atoms. The first-order chi connectivity index (χ1) is 11.6. The minimum Gasteiger partial charge on any atom is -0.356 e. The average Bonchev–Trinajstić information content (AvgIpc) is 2.94. The molecule has 4 nitrogen and oxygen atoms in total. The van der Waals surface area contributed by atoms with Gasteiger partial charge in [-0.15, -0.1) is 0 Å². The molecule has 1 heterocycles. The van der Waals surface area contributed by atoms with Crippen molar-refractivity contribution in [1.29, 1.82) is 0 Å². The normalized spacial score (nSPS) is 10.9. The zero-order chi connectivity index (χ0) is 16.9. The molecule has 0 radical (unpaired) electrons. The third kappa shape index (κ3) is 3.98. The van der Waals surface area contributed by atoms with Crippen LogP contribution >= 0.6 is 0 Å². The van der Waals surface area contributed by atoms with E-state index in [4.69, 9.17) is 0 Å². The number of halogens is 1. The van der Waals surface area contributed by atoms with Gasteiger partial charge in [-0.3, -0.25) is 4.79 Å². The van der Waals surface area contributed by atoms with Crippen LogP contribution in [0.15, 0.2) is 48.8 Å². The minimum atomic E-state index is -0.266. The lowest BCUT2D eigenvalue weighted by atomic mass is 10.1. The molecular formula is C19H20FN3O. The van der Waals surface area contributed by atoms with Crippen LogP contribution in [0.25, 0.3) is 11.0 Å². The molecule has 3 rings (SSSR count). The highest BCUT2D eigenvalue weighted by molar-refractivity contribution is 5.77. The number of hydrogen-bond donors (Lipinski definition) is 1. The van der Waals surface area contributed by atoms with Crippen molar-refractivity contribution >= 4 is 16.9 Å². The maximum absolute atomic E-state index is 13.1. The molecule has 0 saturated heterocycles. The lowest BCUT2D eigenvalue weighted by Gasteiger charge is -2.06. The van der Waals surface area contributed by atoms with Crippen molar-refractivity contribution in [1.82, 2.24) is 14.9 Å². The molecule has 124 valence electrons. The highest BCUT2D eigenvalue weighted by atomic mass is 19.1. The Morgan fingerprint density at radius 1 is 1.17 bits per heavy atom. The number of aryl methyl sites for hydroxylation is 2. The number of rotatable bonds is 6. The SMILES string of the molecule is Cn1cnc2cc(CCNC(=O)CCc3cccc(F)c3)ccc21. The van der Waals surface area contributed by atoms with Crippen LogP contribution in [0.1, 0.15) is 17.5 Å². The van der Waals surface area contributed by atoms with Gasteiger partial charge in [0, 0.05) is 20.0 Å². The second-order valence-corrected chi connectivity index (χ2v) is 5.91. The first-order valence-electron chi connectivity index (χ1n) is 8.03. The predicted molar refractivity (Wildman–Crippen MR) is 92.1 cm³/mol. The number of aromatic nitrogens is 2. The van der Waals surface area contributed by atoms with Crippen LogP contribution < -0.4 is 5.32 Å². The Balaban J connectivity index is 1.45. The molecule has 0 aliphatic rings. The molecule has 0 spiro atoms. The monoisotopic (exact) mass is 325 g/mol. The maximum atomic E-state index is 13.1. The van der Waals surface area contributed by atoms with Gasteiger partial charge in [-0.25, -0.2) is 9.37 Å². The van der Waals surface area contributed by atoms with Crippen LogP contribution in [0.2, 0.25) is 0 Å². The van der Waals surface area contributed by atoms with Gasteiger partial charge in [-0.05, 0) is 48.2 Å². The van der Waals surface area contributed by atoms with Gasteiger partial charge in [-0.2, -0.15) is 0 Å². The molecule has 0 saturated carbocycles. The molecule has 5 heteroatoms. The molecule has 0 unspecified atom stereocenters. The van der Waals surface area contributed by atoms with Crippen LogP contribution in [0, 0.1) is 5.82 Å². The van der Waals surface area contributed by atoms with Crippen molar-refractivity contribution < 1.29 is 9.18 Å². The summed E-state index contributed by atoms with van der Waals surface area (Å²) in [6.07, 6.45) is 3.47. The quantitative estimate of drug-likeness (QED) is 0.757. The van der Waals surface area contributed by atoms with E-state index < -0.39 is 0 Å². The highest BCUT2D eigenvalue weighted by Crippen LogP contribution is 2.14. The van der Waals surface area contributed by atoms with Crippen LogP contribution in [-0.4, -0.2) is 22.0 Å². The Labute approximate surface area is 140 Å². The first kappa shape index (κ1) is 16.2. The van der Waals surface area contributed by atoms with Crippen LogP contribution in [0.3, 0.4) is 0 Å². The molecule has 3 aromatic rings. The minimum absolute atomic E-state index is 0.0156. The highest BCUT2D eigenvalue weighted by Gasteiger charge is 2.04. The summed E-state index contributed by atoms with van der Waals surface area (Å²) >= 11 is 0. The van der Waals surface area contributed by atoms with Gasteiger partial charge in [0.25, 0.3) is 0 Å². The Morgan fingerprint density at radius 3 is 2.83 bits per heavy atom. The van der Waals surface area contributed by atoms with Crippen molar-refractivity contribution in [2.24, 2.45) is 7.05 Å². The van der Waals surface area contributed by atoms with Crippen LogP contribution in [-0.2, 0) is 24.7 Å². The van der Waals surface area contributed by atoms with Gasteiger partial charge in [-0.1, -0.05) is 18.2 Å². The number of fused-ring (bicyclic) bond motifs is 1. The number of nitrogens with one attached hydrogen (secondary N) is 1. The fourth-order valence-electron chi connectivity index (χ4n) is 2.72. The molecular weight excluding hydrogens is 305 g/mol. The Bertz CT molecular complexity index is 857. The summed E-state index contributed by atoms with van der Waals surface area (Å²) in [4.78, 5) is 16.2. The molecule has 0 atom stereocenters. The van der Waals surface area contributed by atoms with E-state index in [2.05, 4.69) is 16.4 Å². The van der Waals surface area contributed by atoms with E-state index >= 15 is 0 Å². The second-order valence-electron chi connectivity index (χ2n) is 5.91. The summed E-state index contributed by atoms with van der Waals surface area (Å²) in [5, 5.41) is 2.91. The van der Waals surface area contributed by atoms with E-state index in [0.29, 0.717) is 19.4 Å². The number of carbonyl (C=O) groups excluding carboxylic acids is 1. The zero-order valence-electron chi connectivity index (χ0n) is 13.6. The van der Waals surface area contributed by atoms with Gasteiger partial charge in [0.15, 0.2) is 0 Å². The van der Waals surface area contributed by atoms with Crippen LogP contribution in [0.4, 0.5) is 4.39 Å². The van der Waals surface area contributed by atoms with E-state index in [0.717, 1.165) is 28.6 Å². The smallest absolute Gasteiger partial charge is 0.220 e. The van der Waals surface area contributed by atoms with Crippen molar-refractivity contribution in [2.45, 2.75) is 19.3 Å². The molecule has 0 aliphatic carbocycles. The summed E-state index contributed by atoms with van der Waals surface area (Å²) in [5.41, 5.74) is 4.04. The van der Waals surface area contributed by atoms with Crippen molar-refractivity contribution in [3.8, 4) is 0 Å². The van der Waals surface area contributed by atoms with E-state index in [1.54, 1.807) is 12.4 Å². The Hall–Kier alpha value is -2.69. The lowest BCUT2D eigenvalue weighted by molar-refractivity contribution is -0.121. The zero-order valence-corrected chi connectivity index (χ0v) is 13.6. The number of amides is 1. The molecule has 2 aromatic carbocycles.